The van der Waals surface area contributed by atoms with Crippen LogP contribution in [0.4, 0.5) is 0 Å². The fourth-order valence-corrected chi connectivity index (χ4v) is 3.59. The van der Waals surface area contributed by atoms with Gasteiger partial charge in [-0.1, -0.05) is 36.4 Å². The number of thiophene rings is 1. The summed E-state index contributed by atoms with van der Waals surface area (Å²) in [6.45, 7) is 0.446. The quantitative estimate of drug-likeness (QED) is 0.613. The van der Waals surface area contributed by atoms with Crippen molar-refractivity contribution in [1.82, 2.24) is 5.01 Å². The summed E-state index contributed by atoms with van der Waals surface area (Å²) in [5.74, 6) is 0.687. The molecule has 0 atom stereocenters. The molecule has 0 bridgehead atoms. The summed E-state index contributed by atoms with van der Waals surface area (Å²) in [6.07, 6.45) is 1.92. The third-order valence-corrected chi connectivity index (χ3v) is 5.13. The van der Waals surface area contributed by atoms with Gasteiger partial charge in [-0.15, -0.1) is 11.3 Å². The van der Waals surface area contributed by atoms with Crippen LogP contribution in [0.5, 0.6) is 5.75 Å². The number of hydrazone groups is 1. The molecular formula is C22H18N2O2S. The van der Waals surface area contributed by atoms with Gasteiger partial charge in [0.15, 0.2) is 0 Å². The molecule has 0 aliphatic carbocycles. The largest absolute Gasteiger partial charge is 0.497 e. The Morgan fingerprint density at radius 3 is 2.48 bits per heavy atom. The molecule has 27 heavy (non-hydrogen) atoms. The standard InChI is InChI=1S/C22H18N2O2S/c1-26-18-11-9-17(10-12-18)21-20(14-19-8-5-13-27-19)22(25)24(23-21)15-16-6-3-2-4-7-16/h2-14H,15H2,1H3. The molecule has 4 rings (SSSR count). The maximum Gasteiger partial charge on any atom is 0.276 e. The number of carbonyl (C=O) groups is 1. The van der Waals surface area contributed by atoms with Crippen LogP contribution in [0, 0.1) is 0 Å². The lowest BCUT2D eigenvalue weighted by atomic mass is 10.0. The Kier molecular flexibility index (Phi) is 4.85. The predicted octanol–water partition coefficient (Wildman–Crippen LogP) is 4.59. The average Bonchev–Trinajstić information content (AvgIpc) is 3.33. The van der Waals surface area contributed by atoms with E-state index in [4.69, 9.17) is 4.74 Å². The van der Waals surface area contributed by atoms with E-state index >= 15 is 0 Å². The number of benzene rings is 2. The van der Waals surface area contributed by atoms with E-state index in [1.165, 1.54) is 5.01 Å². The van der Waals surface area contributed by atoms with Crippen molar-refractivity contribution in [3.63, 3.8) is 0 Å². The third-order valence-electron chi connectivity index (χ3n) is 4.31. The van der Waals surface area contributed by atoms with Crippen LogP contribution in [0.25, 0.3) is 6.08 Å². The number of hydrogen-bond acceptors (Lipinski definition) is 4. The molecule has 134 valence electrons. The van der Waals surface area contributed by atoms with Crippen molar-refractivity contribution in [2.24, 2.45) is 5.10 Å². The molecular weight excluding hydrogens is 356 g/mol. The number of rotatable bonds is 5. The van der Waals surface area contributed by atoms with Crippen LogP contribution in [0.1, 0.15) is 16.0 Å². The Morgan fingerprint density at radius 2 is 1.81 bits per heavy atom. The SMILES string of the molecule is COc1ccc(C2=NN(Cc3ccccc3)C(=O)C2=Cc2cccs2)cc1. The Hall–Kier alpha value is -3.18. The Morgan fingerprint density at radius 1 is 1.04 bits per heavy atom. The van der Waals surface area contributed by atoms with Gasteiger partial charge in [-0.25, -0.2) is 5.01 Å². The first-order valence-corrected chi connectivity index (χ1v) is 9.47. The van der Waals surface area contributed by atoms with Crippen LogP contribution >= 0.6 is 11.3 Å². The molecule has 1 aliphatic rings. The maximum absolute atomic E-state index is 13.1. The van der Waals surface area contributed by atoms with E-state index in [2.05, 4.69) is 5.10 Å². The van der Waals surface area contributed by atoms with Crippen LogP contribution in [0.2, 0.25) is 0 Å². The average molecular weight is 374 g/mol. The lowest BCUT2D eigenvalue weighted by Crippen LogP contribution is -2.21. The van der Waals surface area contributed by atoms with Gasteiger partial charge in [0.2, 0.25) is 0 Å². The summed E-state index contributed by atoms with van der Waals surface area (Å²) in [5.41, 5.74) is 3.23. The smallest absolute Gasteiger partial charge is 0.276 e. The van der Waals surface area contributed by atoms with Crippen molar-refractivity contribution in [1.29, 1.82) is 0 Å². The van der Waals surface area contributed by atoms with Gasteiger partial charge in [0, 0.05) is 10.4 Å². The molecule has 1 aromatic heterocycles. The van der Waals surface area contributed by atoms with Crippen LogP contribution in [0.3, 0.4) is 0 Å². The highest BCUT2D eigenvalue weighted by molar-refractivity contribution is 7.10. The zero-order chi connectivity index (χ0) is 18.6. The van der Waals surface area contributed by atoms with E-state index in [-0.39, 0.29) is 5.91 Å². The highest BCUT2D eigenvalue weighted by atomic mass is 32.1. The van der Waals surface area contributed by atoms with Gasteiger partial charge in [0.25, 0.3) is 5.91 Å². The second-order valence-corrected chi connectivity index (χ2v) is 7.08. The molecule has 0 radical (unpaired) electrons. The number of amides is 1. The van der Waals surface area contributed by atoms with Crippen molar-refractivity contribution in [3.8, 4) is 5.75 Å². The molecule has 2 heterocycles. The maximum atomic E-state index is 13.1. The first-order chi connectivity index (χ1) is 13.2. The van der Waals surface area contributed by atoms with Crippen LogP contribution in [0.15, 0.2) is 82.8 Å². The number of carbonyl (C=O) groups excluding carboxylic acids is 1. The monoisotopic (exact) mass is 374 g/mol. The minimum Gasteiger partial charge on any atom is -0.497 e. The molecule has 0 fully saturated rings. The van der Waals surface area contributed by atoms with E-state index < -0.39 is 0 Å². The van der Waals surface area contributed by atoms with Gasteiger partial charge in [0.1, 0.15) is 11.5 Å². The molecule has 1 aliphatic heterocycles. The van der Waals surface area contributed by atoms with Gasteiger partial charge in [-0.3, -0.25) is 4.79 Å². The summed E-state index contributed by atoms with van der Waals surface area (Å²) >= 11 is 1.60. The zero-order valence-electron chi connectivity index (χ0n) is 14.8. The van der Waals surface area contributed by atoms with Crippen molar-refractivity contribution in [3.05, 3.63) is 93.7 Å². The van der Waals surface area contributed by atoms with Crippen LogP contribution in [-0.4, -0.2) is 23.7 Å². The second-order valence-electron chi connectivity index (χ2n) is 6.10. The molecule has 0 unspecified atom stereocenters. The molecule has 1 amide bonds. The van der Waals surface area contributed by atoms with Gasteiger partial charge in [0.05, 0.1) is 19.2 Å². The zero-order valence-corrected chi connectivity index (χ0v) is 15.6. The van der Waals surface area contributed by atoms with Crippen molar-refractivity contribution >= 4 is 29.0 Å². The Bertz CT molecular complexity index is 991. The van der Waals surface area contributed by atoms with Crippen molar-refractivity contribution in [2.45, 2.75) is 6.54 Å². The van der Waals surface area contributed by atoms with Crippen LogP contribution in [-0.2, 0) is 11.3 Å². The number of hydrogen-bond donors (Lipinski definition) is 0. The topological polar surface area (TPSA) is 41.9 Å². The first kappa shape index (κ1) is 17.2. The second kappa shape index (κ2) is 7.60. The summed E-state index contributed by atoms with van der Waals surface area (Å²) in [7, 11) is 1.63. The van der Waals surface area contributed by atoms with Crippen molar-refractivity contribution in [2.75, 3.05) is 7.11 Å². The van der Waals surface area contributed by atoms with E-state index in [1.54, 1.807) is 18.4 Å². The van der Waals surface area contributed by atoms with E-state index in [1.807, 2.05) is 78.2 Å². The molecule has 2 aromatic carbocycles. The minimum absolute atomic E-state index is 0.0851. The minimum atomic E-state index is -0.0851. The van der Waals surface area contributed by atoms with Crippen LogP contribution < -0.4 is 4.74 Å². The lowest BCUT2D eigenvalue weighted by Gasteiger charge is -2.11. The molecule has 0 spiro atoms. The molecule has 5 heteroatoms. The van der Waals surface area contributed by atoms with Crippen molar-refractivity contribution < 1.29 is 9.53 Å². The van der Waals surface area contributed by atoms with E-state index in [0.717, 1.165) is 21.8 Å². The van der Waals surface area contributed by atoms with E-state index in [9.17, 15) is 4.79 Å². The molecule has 0 N–H and O–H groups in total. The summed E-state index contributed by atoms with van der Waals surface area (Å²) in [5, 5.41) is 8.18. The first-order valence-electron chi connectivity index (χ1n) is 8.59. The highest BCUT2D eigenvalue weighted by Gasteiger charge is 2.31. The molecule has 0 saturated heterocycles. The van der Waals surface area contributed by atoms with Gasteiger partial charge < -0.3 is 4.74 Å². The van der Waals surface area contributed by atoms with Gasteiger partial charge >= 0.3 is 0 Å². The lowest BCUT2D eigenvalue weighted by molar-refractivity contribution is -0.126. The number of nitrogens with zero attached hydrogens (tertiary/aromatic N) is 2. The molecule has 3 aromatic rings. The number of methoxy groups -OCH3 is 1. The predicted molar refractivity (Wildman–Crippen MR) is 109 cm³/mol. The van der Waals surface area contributed by atoms with E-state index in [0.29, 0.717) is 17.8 Å². The molecule has 4 nitrogen and oxygen atoms in total. The number of ether oxygens (including phenoxy) is 1. The fraction of sp³-hybridized carbons (Fsp3) is 0.0909. The summed E-state index contributed by atoms with van der Waals surface area (Å²) in [4.78, 5) is 14.1. The summed E-state index contributed by atoms with van der Waals surface area (Å²) < 4.78 is 5.23. The summed E-state index contributed by atoms with van der Waals surface area (Å²) in [6, 6.07) is 21.5. The third kappa shape index (κ3) is 3.68. The van der Waals surface area contributed by atoms with Gasteiger partial charge in [-0.2, -0.15) is 5.10 Å². The van der Waals surface area contributed by atoms with Gasteiger partial charge in [-0.05, 0) is 47.4 Å². The Balaban J connectivity index is 1.72. The Labute approximate surface area is 162 Å². The fourth-order valence-electron chi connectivity index (χ4n) is 2.93. The highest BCUT2D eigenvalue weighted by Crippen LogP contribution is 2.26. The molecule has 0 saturated carbocycles. The normalized spacial score (nSPS) is 15.3.